The van der Waals surface area contributed by atoms with Crippen LogP contribution in [-0.4, -0.2) is 24.9 Å². The van der Waals surface area contributed by atoms with E-state index in [1.807, 2.05) is 24.3 Å². The summed E-state index contributed by atoms with van der Waals surface area (Å²) in [4.78, 5) is 0. The van der Waals surface area contributed by atoms with Gasteiger partial charge in [-0.15, -0.1) is 0 Å². The van der Waals surface area contributed by atoms with Crippen LogP contribution in [-0.2, 0) is 10.3 Å². The molecule has 0 bridgehead atoms. The molecule has 2 rings (SSSR count). The fraction of sp³-hybridized carbons (Fsp3) is 0.462. The third kappa shape index (κ3) is 2.26. The number of aliphatic hydroxyl groups excluding tert-OH is 1. The maximum atomic E-state index is 9.39. The van der Waals surface area contributed by atoms with E-state index >= 15 is 0 Å². The molecule has 1 N–H and O–H groups in total. The normalized spacial score (nSPS) is 22.4. The van der Waals surface area contributed by atoms with Gasteiger partial charge in [0.2, 0.25) is 0 Å². The molecule has 1 atom stereocenters. The third-order valence-corrected chi connectivity index (χ3v) is 2.87. The summed E-state index contributed by atoms with van der Waals surface area (Å²) in [5.74, 6) is 0.712. The summed E-state index contributed by atoms with van der Waals surface area (Å²) in [6.07, 6.45) is 1.05. The smallest absolute Gasteiger partial charge is 0.186 e. The number of aliphatic hydroxyl groups is 1. The Hall–Kier alpha value is -1.57. The second-order valence-corrected chi connectivity index (χ2v) is 3.96. The number of hydrogen-bond donors (Lipinski definition) is 1. The molecule has 1 aliphatic rings. The molecule has 1 heterocycles. The fourth-order valence-corrected chi connectivity index (χ4v) is 1.97. The van der Waals surface area contributed by atoms with Gasteiger partial charge in [-0.25, -0.2) is 0 Å². The summed E-state index contributed by atoms with van der Waals surface area (Å²) in [6.45, 7) is 0.918. The van der Waals surface area contributed by atoms with Crippen LogP contribution in [0.5, 0.6) is 5.75 Å². The van der Waals surface area contributed by atoms with Crippen LogP contribution in [0.1, 0.15) is 18.4 Å². The molecule has 0 saturated heterocycles. The van der Waals surface area contributed by atoms with Crippen LogP contribution in [0.2, 0.25) is 0 Å². The minimum absolute atomic E-state index is 0.0691. The number of ether oxygens (including phenoxy) is 2. The van der Waals surface area contributed by atoms with Crippen LogP contribution < -0.4 is 4.74 Å². The molecular weight excluding hydrogens is 218 g/mol. The Morgan fingerprint density at radius 1 is 1.47 bits per heavy atom. The van der Waals surface area contributed by atoms with Crippen LogP contribution in [0.4, 0.5) is 0 Å². The minimum atomic E-state index is -0.927. The van der Waals surface area contributed by atoms with Crippen molar-refractivity contribution < 1.29 is 14.6 Å². The Morgan fingerprint density at radius 3 is 3.06 bits per heavy atom. The number of fused-ring (bicyclic) bond motifs is 1. The molecule has 1 aromatic rings. The summed E-state index contributed by atoms with van der Waals surface area (Å²) in [6, 6.07) is 9.69. The maximum Gasteiger partial charge on any atom is 0.186 e. The Balaban J connectivity index is 2.27. The highest BCUT2D eigenvalue weighted by Gasteiger charge is 2.38. The zero-order valence-electron chi connectivity index (χ0n) is 9.56. The van der Waals surface area contributed by atoms with E-state index in [1.54, 1.807) is 0 Å². The first kappa shape index (κ1) is 11.9. The lowest BCUT2D eigenvalue weighted by atomic mass is 9.89. The van der Waals surface area contributed by atoms with Gasteiger partial charge in [0.1, 0.15) is 11.8 Å². The topological polar surface area (TPSA) is 62.5 Å². The SMILES string of the molecule is N#CC1(OCCCO)CCOc2ccccc21. The quantitative estimate of drug-likeness (QED) is 0.802. The van der Waals surface area contributed by atoms with E-state index in [2.05, 4.69) is 6.07 Å². The van der Waals surface area contributed by atoms with Crippen molar-refractivity contribution in [1.29, 1.82) is 5.26 Å². The minimum Gasteiger partial charge on any atom is -0.493 e. The maximum absolute atomic E-state index is 9.39. The van der Waals surface area contributed by atoms with Gasteiger partial charge in [-0.05, 0) is 12.5 Å². The molecule has 1 aromatic carbocycles. The van der Waals surface area contributed by atoms with Crippen molar-refractivity contribution in [2.75, 3.05) is 19.8 Å². The largest absolute Gasteiger partial charge is 0.493 e. The number of hydrogen-bond acceptors (Lipinski definition) is 4. The van der Waals surface area contributed by atoms with Crippen molar-refractivity contribution in [2.45, 2.75) is 18.4 Å². The van der Waals surface area contributed by atoms with Crippen molar-refractivity contribution in [3.05, 3.63) is 29.8 Å². The van der Waals surface area contributed by atoms with E-state index < -0.39 is 5.60 Å². The van der Waals surface area contributed by atoms with Gasteiger partial charge in [-0.2, -0.15) is 5.26 Å². The molecule has 1 unspecified atom stereocenters. The predicted molar refractivity (Wildman–Crippen MR) is 61.5 cm³/mol. The summed E-state index contributed by atoms with van der Waals surface area (Å²) in [7, 11) is 0. The summed E-state index contributed by atoms with van der Waals surface area (Å²) in [5.41, 5.74) is -0.143. The molecule has 0 fully saturated rings. The van der Waals surface area contributed by atoms with Crippen molar-refractivity contribution in [3.63, 3.8) is 0 Å². The zero-order valence-corrected chi connectivity index (χ0v) is 9.56. The average Bonchev–Trinajstić information content (AvgIpc) is 2.39. The first-order valence-electron chi connectivity index (χ1n) is 5.71. The van der Waals surface area contributed by atoms with E-state index in [0.717, 1.165) is 5.56 Å². The lowest BCUT2D eigenvalue weighted by Gasteiger charge is -2.33. The van der Waals surface area contributed by atoms with Crippen LogP contribution in [0.15, 0.2) is 24.3 Å². The fourth-order valence-electron chi connectivity index (χ4n) is 1.97. The molecule has 17 heavy (non-hydrogen) atoms. The summed E-state index contributed by atoms with van der Waals surface area (Å²) in [5, 5.41) is 18.2. The third-order valence-electron chi connectivity index (χ3n) is 2.87. The number of nitrogens with zero attached hydrogens (tertiary/aromatic N) is 1. The Bertz CT molecular complexity index is 427. The molecule has 90 valence electrons. The average molecular weight is 233 g/mol. The molecule has 0 saturated carbocycles. The monoisotopic (exact) mass is 233 g/mol. The second kappa shape index (κ2) is 5.17. The predicted octanol–water partition coefficient (Wildman–Crippen LogP) is 1.59. The van der Waals surface area contributed by atoms with Gasteiger partial charge >= 0.3 is 0 Å². The number of nitriles is 1. The van der Waals surface area contributed by atoms with Crippen LogP contribution >= 0.6 is 0 Å². The van der Waals surface area contributed by atoms with Crippen molar-refractivity contribution in [1.82, 2.24) is 0 Å². The molecule has 0 aliphatic carbocycles. The molecule has 0 aromatic heterocycles. The molecule has 0 radical (unpaired) electrons. The standard InChI is InChI=1S/C13H15NO3/c14-10-13(17-8-3-7-15)6-9-16-12-5-2-1-4-11(12)13/h1-2,4-5,15H,3,6-9H2. The van der Waals surface area contributed by atoms with Gasteiger partial charge in [0, 0.05) is 18.6 Å². The first-order chi connectivity index (χ1) is 8.32. The Labute approximate surface area is 100 Å². The van der Waals surface area contributed by atoms with Gasteiger partial charge in [-0.1, -0.05) is 18.2 Å². The van der Waals surface area contributed by atoms with Crippen LogP contribution in [0.25, 0.3) is 0 Å². The Morgan fingerprint density at radius 2 is 2.29 bits per heavy atom. The molecule has 0 amide bonds. The van der Waals surface area contributed by atoms with E-state index in [-0.39, 0.29) is 6.61 Å². The molecule has 0 spiro atoms. The van der Waals surface area contributed by atoms with Crippen molar-refractivity contribution >= 4 is 0 Å². The van der Waals surface area contributed by atoms with Crippen LogP contribution in [0.3, 0.4) is 0 Å². The highest BCUT2D eigenvalue weighted by atomic mass is 16.5. The van der Waals surface area contributed by atoms with E-state index in [0.29, 0.717) is 31.8 Å². The highest BCUT2D eigenvalue weighted by Crippen LogP contribution is 2.39. The molecule has 1 aliphatic heterocycles. The van der Waals surface area contributed by atoms with Gasteiger partial charge in [0.05, 0.1) is 13.2 Å². The lowest BCUT2D eigenvalue weighted by Crippen LogP contribution is -2.34. The second-order valence-electron chi connectivity index (χ2n) is 3.96. The highest BCUT2D eigenvalue weighted by molar-refractivity contribution is 5.43. The van der Waals surface area contributed by atoms with Gasteiger partial charge < -0.3 is 14.6 Å². The molecular formula is C13H15NO3. The molecule has 4 nitrogen and oxygen atoms in total. The van der Waals surface area contributed by atoms with Crippen LogP contribution in [0, 0.1) is 11.3 Å². The van der Waals surface area contributed by atoms with Gasteiger partial charge in [-0.3, -0.25) is 0 Å². The van der Waals surface area contributed by atoms with Gasteiger partial charge in [0.15, 0.2) is 5.60 Å². The number of rotatable bonds is 4. The first-order valence-corrected chi connectivity index (χ1v) is 5.71. The lowest BCUT2D eigenvalue weighted by molar-refractivity contribution is -0.0368. The number of benzene rings is 1. The van der Waals surface area contributed by atoms with E-state index in [9.17, 15) is 5.26 Å². The van der Waals surface area contributed by atoms with E-state index in [4.69, 9.17) is 14.6 Å². The summed E-state index contributed by atoms with van der Waals surface area (Å²) < 4.78 is 11.2. The molecule has 4 heteroatoms. The Kier molecular flexibility index (Phi) is 3.62. The van der Waals surface area contributed by atoms with E-state index in [1.165, 1.54) is 0 Å². The van der Waals surface area contributed by atoms with Crippen molar-refractivity contribution in [3.8, 4) is 11.8 Å². The summed E-state index contributed by atoms with van der Waals surface area (Å²) >= 11 is 0. The van der Waals surface area contributed by atoms with Crippen molar-refractivity contribution in [2.24, 2.45) is 0 Å². The van der Waals surface area contributed by atoms with Gasteiger partial charge in [0.25, 0.3) is 0 Å². The zero-order chi connectivity index (χ0) is 12.1. The number of para-hydroxylation sites is 1.